The Kier molecular flexibility index (Phi) is 16.0. The number of hydrogen-bond donors (Lipinski definition) is 0. The molecule has 3 aromatic rings. The highest BCUT2D eigenvalue weighted by Crippen LogP contribution is 2.55. The molecule has 0 fully saturated rings. The molecule has 2 nitrogen and oxygen atoms in total. The molecule has 0 aliphatic rings. The molecule has 0 bridgehead atoms. The van der Waals surface area contributed by atoms with Gasteiger partial charge in [0.1, 0.15) is 23.2 Å². The Balaban J connectivity index is 0.00000481. The van der Waals surface area contributed by atoms with Gasteiger partial charge in [0.25, 0.3) is 0 Å². The van der Waals surface area contributed by atoms with Crippen LogP contribution in [0.3, 0.4) is 0 Å². The number of rotatable bonds is 18. The van der Waals surface area contributed by atoms with Crippen molar-refractivity contribution in [2.75, 3.05) is 19.4 Å². The smallest absolute Gasteiger partial charge is 0.154 e. The lowest BCUT2D eigenvalue weighted by Gasteiger charge is -2.27. The molecule has 4 heteroatoms. The SMILES string of the molecule is CCOC(C)OCCCCCCCCCCC[P+](c1ccccc1)(c1ccccc1)c1ccccc1.[Br-]. The fraction of sp³-hybridized carbons (Fsp3) is 0.455. The minimum atomic E-state index is -1.66. The predicted molar refractivity (Wildman–Crippen MR) is 159 cm³/mol. The van der Waals surface area contributed by atoms with Crippen molar-refractivity contribution in [3.63, 3.8) is 0 Å². The van der Waals surface area contributed by atoms with Gasteiger partial charge in [0.05, 0.1) is 6.16 Å². The summed E-state index contributed by atoms with van der Waals surface area (Å²) in [5.74, 6) is 0. The minimum Gasteiger partial charge on any atom is -1.00 e. The van der Waals surface area contributed by atoms with Crippen LogP contribution in [0.15, 0.2) is 91.0 Å². The van der Waals surface area contributed by atoms with E-state index in [2.05, 4.69) is 91.0 Å². The van der Waals surface area contributed by atoms with Gasteiger partial charge < -0.3 is 26.5 Å². The van der Waals surface area contributed by atoms with Crippen LogP contribution < -0.4 is 32.9 Å². The molecule has 0 aliphatic carbocycles. The van der Waals surface area contributed by atoms with Crippen LogP contribution in [0, 0.1) is 0 Å². The number of unbranched alkanes of at least 4 members (excludes halogenated alkanes) is 8. The third-order valence-corrected chi connectivity index (χ3v) is 11.5. The van der Waals surface area contributed by atoms with Gasteiger partial charge in [0.15, 0.2) is 6.29 Å². The Hall–Kier alpha value is -1.51. The van der Waals surface area contributed by atoms with Crippen molar-refractivity contribution in [3.8, 4) is 0 Å². The molecule has 1 atom stereocenters. The first-order valence-corrected chi connectivity index (χ1v) is 16.0. The van der Waals surface area contributed by atoms with E-state index in [0.717, 1.165) is 13.0 Å². The van der Waals surface area contributed by atoms with Gasteiger partial charge in [-0.25, -0.2) is 0 Å². The quantitative estimate of drug-likeness (QED) is 0.120. The second-order valence-corrected chi connectivity index (χ2v) is 13.2. The molecule has 0 aliphatic heterocycles. The van der Waals surface area contributed by atoms with Crippen molar-refractivity contribution in [2.45, 2.75) is 77.9 Å². The topological polar surface area (TPSA) is 18.5 Å². The van der Waals surface area contributed by atoms with Crippen molar-refractivity contribution in [3.05, 3.63) is 91.0 Å². The second-order valence-electron chi connectivity index (χ2n) is 9.62. The highest BCUT2D eigenvalue weighted by Gasteiger charge is 2.44. The molecular formula is C33H46BrO2P. The van der Waals surface area contributed by atoms with E-state index < -0.39 is 7.26 Å². The molecule has 0 amide bonds. The highest BCUT2D eigenvalue weighted by molar-refractivity contribution is 7.95. The predicted octanol–water partition coefficient (Wildman–Crippen LogP) is 4.89. The Morgan fingerprint density at radius 2 is 0.919 bits per heavy atom. The fourth-order valence-electron chi connectivity index (χ4n) is 5.10. The molecule has 0 spiro atoms. The van der Waals surface area contributed by atoms with Gasteiger partial charge in [-0.05, 0) is 69.5 Å². The molecule has 3 rings (SSSR count). The largest absolute Gasteiger partial charge is 1.00 e. The molecule has 1 unspecified atom stereocenters. The molecule has 0 radical (unpaired) electrons. The molecule has 0 N–H and O–H groups in total. The fourth-order valence-corrected chi connectivity index (χ4v) is 9.51. The number of ether oxygens (including phenoxy) is 2. The lowest BCUT2D eigenvalue weighted by atomic mass is 10.1. The molecule has 3 aromatic carbocycles. The summed E-state index contributed by atoms with van der Waals surface area (Å²) in [5.41, 5.74) is 0. The standard InChI is InChI=1S/C33H46O2P.BrH/c1-3-34-30(2)35-28-20-9-7-5-4-6-8-10-21-29-36(31-22-14-11-15-23-31,32-24-16-12-17-25-32)33-26-18-13-19-27-33;/h11-19,22-27,30H,3-10,20-21,28-29H2,1-2H3;1H/q+1;/p-1. The van der Waals surface area contributed by atoms with E-state index in [-0.39, 0.29) is 23.3 Å². The Morgan fingerprint density at radius 1 is 0.541 bits per heavy atom. The number of hydrogen-bond acceptors (Lipinski definition) is 2. The number of halogens is 1. The molecule has 0 aromatic heterocycles. The van der Waals surface area contributed by atoms with E-state index in [1.807, 2.05) is 13.8 Å². The van der Waals surface area contributed by atoms with Crippen LogP contribution in [0.5, 0.6) is 0 Å². The average Bonchev–Trinajstić information content (AvgIpc) is 2.93. The van der Waals surface area contributed by atoms with Gasteiger partial charge in [0, 0.05) is 13.2 Å². The summed E-state index contributed by atoms with van der Waals surface area (Å²) in [6, 6.07) is 33.8. The third-order valence-electron chi connectivity index (χ3n) is 6.98. The van der Waals surface area contributed by atoms with E-state index in [9.17, 15) is 0 Å². The first kappa shape index (κ1) is 31.7. The number of benzene rings is 3. The van der Waals surface area contributed by atoms with E-state index in [1.165, 1.54) is 73.4 Å². The zero-order chi connectivity index (χ0) is 25.3. The molecule has 0 saturated heterocycles. The Morgan fingerprint density at radius 3 is 1.32 bits per heavy atom. The van der Waals surface area contributed by atoms with Gasteiger partial charge in [-0.3, -0.25) is 0 Å². The van der Waals surface area contributed by atoms with E-state index >= 15 is 0 Å². The van der Waals surface area contributed by atoms with E-state index in [1.54, 1.807) is 0 Å². The van der Waals surface area contributed by atoms with Crippen molar-refractivity contribution >= 4 is 23.2 Å². The summed E-state index contributed by atoms with van der Waals surface area (Å²) in [6.45, 7) is 5.52. The highest BCUT2D eigenvalue weighted by atomic mass is 79.9. The zero-order valence-corrected chi connectivity index (χ0v) is 25.3. The summed E-state index contributed by atoms with van der Waals surface area (Å²) in [4.78, 5) is 0. The van der Waals surface area contributed by atoms with Crippen molar-refractivity contribution in [2.24, 2.45) is 0 Å². The summed E-state index contributed by atoms with van der Waals surface area (Å²) in [7, 11) is -1.66. The zero-order valence-electron chi connectivity index (χ0n) is 22.9. The maximum atomic E-state index is 5.66. The summed E-state index contributed by atoms with van der Waals surface area (Å²) >= 11 is 0. The van der Waals surface area contributed by atoms with Crippen LogP contribution in [0.25, 0.3) is 0 Å². The molecule has 0 heterocycles. The average molecular weight is 586 g/mol. The van der Waals surface area contributed by atoms with Crippen LogP contribution in [-0.4, -0.2) is 25.7 Å². The summed E-state index contributed by atoms with van der Waals surface area (Å²) in [5, 5.41) is 4.51. The van der Waals surface area contributed by atoms with Crippen LogP contribution in [0.4, 0.5) is 0 Å². The van der Waals surface area contributed by atoms with Crippen LogP contribution in [0.2, 0.25) is 0 Å². The van der Waals surface area contributed by atoms with Crippen molar-refractivity contribution in [1.29, 1.82) is 0 Å². The molecule has 0 saturated carbocycles. The first-order valence-electron chi connectivity index (χ1n) is 14.1. The van der Waals surface area contributed by atoms with Crippen LogP contribution in [0.1, 0.15) is 71.6 Å². The maximum absolute atomic E-state index is 5.66. The van der Waals surface area contributed by atoms with Gasteiger partial charge in [-0.15, -0.1) is 0 Å². The van der Waals surface area contributed by atoms with Gasteiger partial charge in [0.2, 0.25) is 0 Å². The minimum absolute atomic E-state index is 0. The van der Waals surface area contributed by atoms with Gasteiger partial charge in [-0.2, -0.15) is 0 Å². The Bertz CT molecular complexity index is 840. The van der Waals surface area contributed by atoms with Crippen molar-refractivity contribution < 1.29 is 26.5 Å². The van der Waals surface area contributed by atoms with Crippen LogP contribution in [-0.2, 0) is 9.47 Å². The van der Waals surface area contributed by atoms with E-state index in [0.29, 0.717) is 6.61 Å². The lowest BCUT2D eigenvalue weighted by molar-refractivity contribution is -0.127. The Labute approximate surface area is 237 Å². The molecular weight excluding hydrogens is 539 g/mol. The normalized spacial score (nSPS) is 12.2. The molecule has 37 heavy (non-hydrogen) atoms. The van der Waals surface area contributed by atoms with E-state index in [4.69, 9.17) is 9.47 Å². The first-order chi connectivity index (χ1) is 17.8. The third kappa shape index (κ3) is 10.3. The van der Waals surface area contributed by atoms with Crippen LogP contribution >= 0.6 is 7.26 Å². The maximum Gasteiger partial charge on any atom is 0.154 e. The van der Waals surface area contributed by atoms with Crippen molar-refractivity contribution in [1.82, 2.24) is 0 Å². The second kappa shape index (κ2) is 18.7. The summed E-state index contributed by atoms with van der Waals surface area (Å²) < 4.78 is 11.1. The monoisotopic (exact) mass is 584 g/mol. The lowest BCUT2D eigenvalue weighted by Crippen LogP contribution is -3.00. The van der Waals surface area contributed by atoms with Gasteiger partial charge >= 0.3 is 0 Å². The molecule has 202 valence electrons. The van der Waals surface area contributed by atoms with Gasteiger partial charge in [-0.1, -0.05) is 93.1 Å². The summed E-state index contributed by atoms with van der Waals surface area (Å²) in [6.07, 6.45) is 12.9.